The van der Waals surface area contributed by atoms with Crippen molar-refractivity contribution >= 4 is 23.2 Å². The lowest BCUT2D eigenvalue weighted by Crippen LogP contribution is -2.24. The summed E-state index contributed by atoms with van der Waals surface area (Å²) in [6.45, 7) is 6.16. The third-order valence-corrected chi connectivity index (χ3v) is 4.39. The number of nitrogens with zero attached hydrogens (tertiary/aromatic N) is 5. The van der Waals surface area contributed by atoms with Crippen LogP contribution in [0.5, 0.6) is 0 Å². The molecule has 0 amide bonds. The van der Waals surface area contributed by atoms with Crippen molar-refractivity contribution in [2.75, 3.05) is 5.32 Å². The fourth-order valence-corrected chi connectivity index (χ4v) is 2.63. The Kier molecular flexibility index (Phi) is 4.55. The van der Waals surface area contributed by atoms with Crippen LogP contribution in [0.3, 0.4) is 0 Å². The average molecular weight is 359 g/mol. The Morgan fingerprint density at radius 1 is 1.32 bits per heavy atom. The summed E-state index contributed by atoms with van der Waals surface area (Å²) in [5, 5.41) is 16.6. The van der Waals surface area contributed by atoms with Gasteiger partial charge < -0.3 is 5.32 Å². The van der Waals surface area contributed by atoms with Gasteiger partial charge in [-0.1, -0.05) is 25.4 Å². The minimum Gasteiger partial charge on any atom is -0.367 e. The van der Waals surface area contributed by atoms with Crippen LogP contribution < -0.4 is 5.32 Å². The number of fused-ring (bicyclic) bond motifs is 1. The zero-order chi connectivity index (χ0) is 18.1. The topological polar surface area (TPSA) is 78.9 Å². The molecule has 0 aliphatic heterocycles. The Morgan fingerprint density at radius 2 is 2.08 bits per heavy atom. The monoisotopic (exact) mass is 358 g/mol. The quantitative estimate of drug-likeness (QED) is 0.715. The van der Waals surface area contributed by atoms with E-state index in [0.717, 1.165) is 0 Å². The van der Waals surface area contributed by atoms with Gasteiger partial charge in [0.2, 0.25) is 0 Å². The summed E-state index contributed by atoms with van der Waals surface area (Å²) in [7, 11) is 0. The van der Waals surface area contributed by atoms with Gasteiger partial charge in [-0.3, -0.25) is 0 Å². The minimum atomic E-state index is -0.553. The predicted octanol–water partition coefficient (Wildman–Crippen LogP) is 3.91. The number of hydrogen-bond donors (Lipinski definition) is 1. The van der Waals surface area contributed by atoms with Gasteiger partial charge in [0.15, 0.2) is 0 Å². The largest absolute Gasteiger partial charge is 0.367 e. The molecule has 1 aromatic carbocycles. The first kappa shape index (κ1) is 17.1. The van der Waals surface area contributed by atoms with Crippen LogP contribution in [0.4, 0.5) is 10.2 Å². The van der Waals surface area contributed by atoms with Gasteiger partial charge in [-0.15, -0.1) is 0 Å². The van der Waals surface area contributed by atoms with Gasteiger partial charge in [0.05, 0.1) is 17.2 Å². The first-order valence-corrected chi connectivity index (χ1v) is 8.16. The molecule has 0 radical (unpaired) electrons. The molecule has 1 atom stereocenters. The summed E-state index contributed by atoms with van der Waals surface area (Å²) in [4.78, 5) is 8.25. The highest BCUT2D eigenvalue weighted by molar-refractivity contribution is 6.33. The van der Waals surface area contributed by atoms with Gasteiger partial charge in [-0.25, -0.2) is 4.39 Å². The number of rotatable bonds is 4. The summed E-state index contributed by atoms with van der Waals surface area (Å²) < 4.78 is 16.1. The Balaban J connectivity index is 2.26. The summed E-state index contributed by atoms with van der Waals surface area (Å²) in [5.41, 5.74) is 0.860. The fraction of sp³-hybridized carbons (Fsp3) is 0.294. The predicted molar refractivity (Wildman–Crippen MR) is 93.8 cm³/mol. The third kappa shape index (κ3) is 3.13. The Morgan fingerprint density at radius 3 is 2.72 bits per heavy atom. The molecule has 8 heteroatoms. The standard InChI is InChI=1S/C17H16ClFN6/c1-9(2)10(3)23-16-14(12-5-4-11(7-20)6-13(12)19)15(18)24-17-21-8-22-25(16)17/h4-6,8-10,23H,1-3H3/t10-/m1/s1. The maximum atomic E-state index is 14.6. The molecule has 2 aromatic heterocycles. The van der Waals surface area contributed by atoms with Crippen LogP contribution >= 0.6 is 11.6 Å². The molecule has 0 unspecified atom stereocenters. The highest BCUT2D eigenvalue weighted by Crippen LogP contribution is 2.36. The van der Waals surface area contributed by atoms with E-state index in [9.17, 15) is 4.39 Å². The summed E-state index contributed by atoms with van der Waals surface area (Å²) in [6.07, 6.45) is 1.36. The van der Waals surface area contributed by atoms with Crippen molar-refractivity contribution in [3.8, 4) is 17.2 Å². The molecule has 25 heavy (non-hydrogen) atoms. The first-order valence-electron chi connectivity index (χ1n) is 7.78. The van der Waals surface area contributed by atoms with E-state index in [2.05, 4.69) is 34.2 Å². The van der Waals surface area contributed by atoms with Crippen LogP contribution in [0.2, 0.25) is 5.15 Å². The number of nitrogens with one attached hydrogen (secondary N) is 1. The second-order valence-corrected chi connectivity index (χ2v) is 6.44. The first-order chi connectivity index (χ1) is 11.9. The van der Waals surface area contributed by atoms with E-state index in [-0.39, 0.29) is 22.3 Å². The van der Waals surface area contributed by atoms with Gasteiger partial charge in [-0.05, 0) is 31.0 Å². The molecule has 128 valence electrons. The summed E-state index contributed by atoms with van der Waals surface area (Å²) in [5.74, 6) is 0.602. The van der Waals surface area contributed by atoms with Crippen LogP contribution in [0.15, 0.2) is 24.5 Å². The molecule has 0 aliphatic carbocycles. The normalized spacial score (nSPS) is 12.4. The van der Waals surface area contributed by atoms with Gasteiger partial charge >= 0.3 is 0 Å². The lowest BCUT2D eigenvalue weighted by Gasteiger charge is -2.22. The van der Waals surface area contributed by atoms with Crippen molar-refractivity contribution in [1.82, 2.24) is 19.6 Å². The fourth-order valence-electron chi connectivity index (χ4n) is 2.36. The van der Waals surface area contributed by atoms with Gasteiger partial charge in [0.25, 0.3) is 5.78 Å². The second kappa shape index (κ2) is 6.65. The average Bonchev–Trinajstić information content (AvgIpc) is 3.03. The molecule has 0 saturated heterocycles. The van der Waals surface area contributed by atoms with E-state index in [4.69, 9.17) is 16.9 Å². The Bertz CT molecular complexity index is 975. The summed E-state index contributed by atoms with van der Waals surface area (Å²) in [6, 6.07) is 6.22. The number of anilines is 1. The van der Waals surface area contributed by atoms with Crippen LogP contribution in [0.1, 0.15) is 26.3 Å². The lowest BCUT2D eigenvalue weighted by molar-refractivity contribution is 0.556. The zero-order valence-corrected chi connectivity index (χ0v) is 14.7. The second-order valence-electron chi connectivity index (χ2n) is 6.08. The van der Waals surface area contributed by atoms with Crippen molar-refractivity contribution in [3.63, 3.8) is 0 Å². The minimum absolute atomic E-state index is 0.0751. The van der Waals surface area contributed by atoms with E-state index in [1.807, 2.05) is 13.0 Å². The number of aromatic nitrogens is 4. The molecule has 0 bridgehead atoms. The molecule has 2 heterocycles. The molecule has 3 rings (SSSR count). The molecule has 0 aliphatic rings. The maximum absolute atomic E-state index is 14.6. The van der Waals surface area contributed by atoms with Gasteiger partial charge in [0.1, 0.15) is 23.1 Å². The molecule has 6 nitrogen and oxygen atoms in total. The van der Waals surface area contributed by atoms with Gasteiger partial charge in [-0.2, -0.15) is 24.8 Å². The molecule has 3 aromatic rings. The molecule has 1 N–H and O–H groups in total. The number of hydrogen-bond acceptors (Lipinski definition) is 5. The third-order valence-electron chi connectivity index (χ3n) is 4.11. The highest BCUT2D eigenvalue weighted by atomic mass is 35.5. The Labute approximate surface area is 149 Å². The van der Waals surface area contributed by atoms with E-state index in [1.165, 1.54) is 29.0 Å². The molecule has 0 saturated carbocycles. The van der Waals surface area contributed by atoms with Crippen molar-refractivity contribution in [1.29, 1.82) is 5.26 Å². The summed E-state index contributed by atoms with van der Waals surface area (Å²) >= 11 is 6.34. The van der Waals surface area contributed by atoms with Crippen LogP contribution in [-0.4, -0.2) is 25.6 Å². The van der Waals surface area contributed by atoms with Gasteiger partial charge in [0, 0.05) is 11.6 Å². The zero-order valence-electron chi connectivity index (χ0n) is 14.0. The van der Waals surface area contributed by atoms with Crippen LogP contribution in [-0.2, 0) is 0 Å². The highest BCUT2D eigenvalue weighted by Gasteiger charge is 2.22. The molecular formula is C17H16ClFN6. The number of nitriles is 1. The van der Waals surface area contributed by atoms with Crippen molar-refractivity contribution in [2.45, 2.75) is 26.8 Å². The molecular weight excluding hydrogens is 343 g/mol. The number of benzene rings is 1. The smallest absolute Gasteiger partial charge is 0.255 e. The van der Waals surface area contributed by atoms with Crippen molar-refractivity contribution < 1.29 is 4.39 Å². The molecule has 0 spiro atoms. The Hall–Kier alpha value is -2.72. The number of halogens is 2. The molecule has 0 fully saturated rings. The van der Waals surface area contributed by atoms with E-state index >= 15 is 0 Å². The van der Waals surface area contributed by atoms with E-state index < -0.39 is 5.82 Å². The van der Waals surface area contributed by atoms with Crippen LogP contribution in [0.25, 0.3) is 16.9 Å². The van der Waals surface area contributed by atoms with Crippen molar-refractivity contribution in [3.05, 3.63) is 41.1 Å². The van der Waals surface area contributed by atoms with E-state index in [0.29, 0.717) is 23.1 Å². The van der Waals surface area contributed by atoms with E-state index in [1.54, 1.807) is 0 Å². The lowest BCUT2D eigenvalue weighted by atomic mass is 10.0. The van der Waals surface area contributed by atoms with Crippen LogP contribution in [0, 0.1) is 23.1 Å². The van der Waals surface area contributed by atoms with Crippen molar-refractivity contribution in [2.24, 2.45) is 5.92 Å². The SMILES string of the molecule is CC(C)[C@@H](C)Nc1c(-c2ccc(C#N)cc2F)c(Cl)nc2ncnn12. The maximum Gasteiger partial charge on any atom is 0.255 e.